The first-order chi connectivity index (χ1) is 14.1. The Morgan fingerprint density at radius 2 is 1.83 bits per heavy atom. The molecule has 2 aromatic carbocycles. The molecule has 0 aliphatic carbocycles. The summed E-state index contributed by atoms with van der Waals surface area (Å²) < 4.78 is 21.5. The third-order valence-corrected chi connectivity index (χ3v) is 4.66. The summed E-state index contributed by atoms with van der Waals surface area (Å²) in [5.41, 5.74) is 1.70. The number of hydrogen-bond acceptors (Lipinski definition) is 8. The number of nitrogens with zero attached hydrogens (tertiary/aromatic N) is 2. The molecular weight excluding hydrogens is 394 g/mol. The number of rotatable bonds is 9. The van der Waals surface area contributed by atoms with Crippen LogP contribution >= 0.6 is 11.8 Å². The highest BCUT2D eigenvalue weighted by molar-refractivity contribution is 7.99. The van der Waals surface area contributed by atoms with E-state index < -0.39 is 0 Å². The Labute approximate surface area is 172 Å². The number of nitrogens with one attached hydrogen (secondary N) is 1. The molecule has 0 unspecified atom stereocenters. The van der Waals surface area contributed by atoms with Gasteiger partial charge >= 0.3 is 0 Å². The molecule has 29 heavy (non-hydrogen) atoms. The Hall–Kier alpha value is -3.20. The van der Waals surface area contributed by atoms with E-state index in [0.29, 0.717) is 28.3 Å². The fourth-order valence-corrected chi connectivity index (χ4v) is 2.93. The van der Waals surface area contributed by atoms with Crippen molar-refractivity contribution in [3.05, 3.63) is 53.9 Å². The summed E-state index contributed by atoms with van der Waals surface area (Å²) >= 11 is 1.14. The van der Waals surface area contributed by atoms with E-state index in [4.69, 9.17) is 18.6 Å². The fraction of sp³-hybridized carbons (Fsp3) is 0.250. The summed E-state index contributed by atoms with van der Waals surface area (Å²) in [7, 11) is 3.09. The molecule has 0 spiro atoms. The molecule has 0 saturated carbocycles. The second-order valence-corrected chi connectivity index (χ2v) is 6.89. The van der Waals surface area contributed by atoms with Crippen molar-refractivity contribution < 1.29 is 23.4 Å². The van der Waals surface area contributed by atoms with E-state index in [9.17, 15) is 4.79 Å². The van der Waals surface area contributed by atoms with Gasteiger partial charge in [-0.05, 0) is 31.2 Å². The minimum atomic E-state index is -0.228. The van der Waals surface area contributed by atoms with Crippen molar-refractivity contribution in [2.24, 2.45) is 0 Å². The summed E-state index contributed by atoms with van der Waals surface area (Å²) in [5.74, 6) is 2.09. The number of ether oxygens (including phenoxy) is 3. The largest absolute Gasteiger partial charge is 0.497 e. The lowest BCUT2D eigenvalue weighted by molar-refractivity contribution is -0.113. The van der Waals surface area contributed by atoms with Gasteiger partial charge in [0, 0.05) is 6.07 Å². The molecule has 1 heterocycles. The molecule has 0 fully saturated rings. The van der Waals surface area contributed by atoms with Gasteiger partial charge in [0.15, 0.2) is 6.61 Å². The zero-order chi connectivity index (χ0) is 20.6. The second kappa shape index (κ2) is 9.83. The predicted molar refractivity (Wildman–Crippen MR) is 109 cm³/mol. The minimum Gasteiger partial charge on any atom is -0.497 e. The Kier molecular flexibility index (Phi) is 6.96. The van der Waals surface area contributed by atoms with Crippen LogP contribution in [0.4, 0.5) is 5.69 Å². The molecule has 0 bridgehead atoms. The van der Waals surface area contributed by atoms with Gasteiger partial charge in [-0.2, -0.15) is 0 Å². The number of thioether (sulfide) groups is 1. The number of aromatic nitrogens is 2. The molecule has 1 amide bonds. The van der Waals surface area contributed by atoms with Gasteiger partial charge < -0.3 is 23.9 Å². The van der Waals surface area contributed by atoms with Crippen molar-refractivity contribution >= 4 is 23.4 Å². The molecule has 0 aliphatic rings. The van der Waals surface area contributed by atoms with Gasteiger partial charge in [-0.1, -0.05) is 29.5 Å². The summed E-state index contributed by atoms with van der Waals surface area (Å²) in [6.07, 6.45) is 0. The third-order valence-electron chi connectivity index (χ3n) is 3.84. The molecule has 9 heteroatoms. The molecule has 0 saturated heterocycles. The maximum absolute atomic E-state index is 12.2. The summed E-state index contributed by atoms with van der Waals surface area (Å²) in [6, 6.07) is 12.8. The smallest absolute Gasteiger partial charge is 0.277 e. The van der Waals surface area contributed by atoms with Crippen LogP contribution in [0.2, 0.25) is 0 Å². The van der Waals surface area contributed by atoms with E-state index in [-0.39, 0.29) is 18.3 Å². The molecule has 1 aromatic heterocycles. The van der Waals surface area contributed by atoms with Gasteiger partial charge in [0.25, 0.3) is 11.1 Å². The lowest BCUT2D eigenvalue weighted by Gasteiger charge is -2.11. The molecule has 1 N–H and O–H groups in total. The molecule has 3 rings (SSSR count). The van der Waals surface area contributed by atoms with E-state index in [1.807, 2.05) is 31.2 Å². The lowest BCUT2D eigenvalue weighted by atomic mass is 10.2. The zero-order valence-electron chi connectivity index (χ0n) is 16.3. The quantitative estimate of drug-likeness (QED) is 0.529. The molecular formula is C20H21N3O5S. The van der Waals surface area contributed by atoms with Gasteiger partial charge in [-0.15, -0.1) is 10.2 Å². The van der Waals surface area contributed by atoms with Crippen LogP contribution in [0.25, 0.3) is 0 Å². The van der Waals surface area contributed by atoms with E-state index in [1.165, 1.54) is 7.11 Å². The van der Waals surface area contributed by atoms with Crippen molar-refractivity contribution in [1.29, 1.82) is 0 Å². The molecule has 0 aliphatic heterocycles. The SMILES string of the molecule is COc1ccc(NC(=O)CSc2nnc(COc3ccc(C)cc3)o2)c(OC)c1. The molecule has 8 nitrogen and oxygen atoms in total. The average molecular weight is 415 g/mol. The highest BCUT2D eigenvalue weighted by Gasteiger charge is 2.13. The van der Waals surface area contributed by atoms with Crippen LogP contribution in [0.15, 0.2) is 52.1 Å². The van der Waals surface area contributed by atoms with Crippen LogP contribution in [-0.2, 0) is 11.4 Å². The number of carbonyl (C=O) groups is 1. The van der Waals surface area contributed by atoms with E-state index in [0.717, 1.165) is 23.1 Å². The lowest BCUT2D eigenvalue weighted by Crippen LogP contribution is -2.14. The van der Waals surface area contributed by atoms with E-state index in [1.54, 1.807) is 25.3 Å². The first-order valence-corrected chi connectivity index (χ1v) is 9.72. The number of carbonyl (C=O) groups excluding carboxylic acids is 1. The third kappa shape index (κ3) is 5.89. The normalized spacial score (nSPS) is 10.4. The summed E-state index contributed by atoms with van der Waals surface area (Å²) in [6.45, 7) is 2.16. The number of methoxy groups -OCH3 is 2. The first-order valence-electron chi connectivity index (χ1n) is 8.74. The number of hydrogen-bond donors (Lipinski definition) is 1. The van der Waals surface area contributed by atoms with Gasteiger partial charge in [0.05, 0.1) is 25.7 Å². The van der Waals surface area contributed by atoms with E-state index >= 15 is 0 Å². The van der Waals surface area contributed by atoms with Crippen molar-refractivity contribution in [3.8, 4) is 17.2 Å². The van der Waals surface area contributed by atoms with Gasteiger partial charge in [0.1, 0.15) is 17.2 Å². The van der Waals surface area contributed by atoms with Gasteiger partial charge in [0.2, 0.25) is 5.91 Å². The van der Waals surface area contributed by atoms with Crippen molar-refractivity contribution in [3.63, 3.8) is 0 Å². The van der Waals surface area contributed by atoms with Crippen LogP contribution in [0.3, 0.4) is 0 Å². The zero-order valence-corrected chi connectivity index (χ0v) is 17.1. The number of aryl methyl sites for hydroxylation is 1. The van der Waals surface area contributed by atoms with Crippen molar-refractivity contribution in [2.75, 3.05) is 25.3 Å². The van der Waals surface area contributed by atoms with E-state index in [2.05, 4.69) is 15.5 Å². The van der Waals surface area contributed by atoms with Gasteiger partial charge in [-0.25, -0.2) is 0 Å². The van der Waals surface area contributed by atoms with Crippen LogP contribution in [0.1, 0.15) is 11.5 Å². The molecule has 3 aromatic rings. The standard InChI is InChI=1S/C20H21N3O5S/c1-13-4-6-14(7-5-13)27-11-19-22-23-20(28-19)29-12-18(24)21-16-9-8-15(25-2)10-17(16)26-3/h4-10H,11-12H2,1-3H3,(H,21,24). The number of amides is 1. The Balaban J connectivity index is 1.49. The van der Waals surface area contributed by atoms with Crippen LogP contribution in [0, 0.1) is 6.92 Å². The topological polar surface area (TPSA) is 95.7 Å². The Morgan fingerprint density at radius 3 is 2.55 bits per heavy atom. The van der Waals surface area contributed by atoms with Crippen LogP contribution in [0.5, 0.6) is 17.2 Å². The maximum atomic E-state index is 12.2. The number of benzene rings is 2. The van der Waals surface area contributed by atoms with Crippen molar-refractivity contribution in [2.45, 2.75) is 18.8 Å². The maximum Gasteiger partial charge on any atom is 0.277 e. The number of anilines is 1. The monoisotopic (exact) mass is 415 g/mol. The highest BCUT2D eigenvalue weighted by atomic mass is 32.2. The molecule has 0 atom stereocenters. The average Bonchev–Trinajstić information content (AvgIpc) is 3.20. The predicted octanol–water partition coefficient (Wildman–Crippen LogP) is 3.71. The Bertz CT molecular complexity index is 959. The second-order valence-electron chi connectivity index (χ2n) is 5.97. The summed E-state index contributed by atoms with van der Waals surface area (Å²) in [4.78, 5) is 12.2. The van der Waals surface area contributed by atoms with Gasteiger partial charge in [-0.3, -0.25) is 4.79 Å². The van der Waals surface area contributed by atoms with Crippen LogP contribution in [-0.4, -0.2) is 36.1 Å². The minimum absolute atomic E-state index is 0.107. The first kappa shape index (κ1) is 20.5. The van der Waals surface area contributed by atoms with Crippen molar-refractivity contribution in [1.82, 2.24) is 10.2 Å². The van der Waals surface area contributed by atoms with Crippen LogP contribution < -0.4 is 19.5 Å². The summed E-state index contributed by atoms with van der Waals surface area (Å²) in [5, 5.41) is 10.9. The Morgan fingerprint density at radius 1 is 1.07 bits per heavy atom. The molecule has 152 valence electrons. The molecule has 0 radical (unpaired) electrons. The highest BCUT2D eigenvalue weighted by Crippen LogP contribution is 2.29. The fourth-order valence-electron chi connectivity index (χ4n) is 2.35.